The Balaban J connectivity index is 1.76. The van der Waals surface area contributed by atoms with E-state index in [1.807, 2.05) is 39.8 Å². The SMILES string of the molecule is CCOc1ccc(NC(=O)CSc2nc3c(C)nn(CC)c3c(=O)n2CC)cc1. The summed E-state index contributed by atoms with van der Waals surface area (Å²) in [6.07, 6.45) is 0. The van der Waals surface area contributed by atoms with Crippen molar-refractivity contribution >= 4 is 34.4 Å². The first kappa shape index (κ1) is 20.9. The van der Waals surface area contributed by atoms with E-state index in [2.05, 4.69) is 15.4 Å². The number of ether oxygens (including phenoxy) is 1. The Hall–Kier alpha value is -2.81. The molecule has 154 valence electrons. The second-order valence-corrected chi connectivity index (χ2v) is 7.28. The number of thioether (sulfide) groups is 1. The molecule has 9 heteroatoms. The number of carbonyl (C=O) groups is 1. The summed E-state index contributed by atoms with van der Waals surface area (Å²) in [4.78, 5) is 29.9. The number of hydrogen-bond acceptors (Lipinski definition) is 6. The van der Waals surface area contributed by atoms with Gasteiger partial charge in [0.1, 0.15) is 11.3 Å². The number of nitrogens with zero attached hydrogens (tertiary/aromatic N) is 4. The average molecular weight is 416 g/mol. The molecule has 8 nitrogen and oxygen atoms in total. The number of amides is 1. The first-order chi connectivity index (χ1) is 14.0. The number of aromatic nitrogens is 4. The molecular formula is C20H25N5O3S. The molecule has 0 spiro atoms. The number of carbonyl (C=O) groups excluding carboxylic acids is 1. The monoisotopic (exact) mass is 415 g/mol. The number of nitrogens with one attached hydrogen (secondary N) is 1. The Labute approximate surface area is 173 Å². The molecule has 0 saturated carbocycles. The zero-order valence-electron chi connectivity index (χ0n) is 17.1. The molecule has 2 heterocycles. The van der Waals surface area contributed by atoms with Crippen LogP contribution in [0.1, 0.15) is 26.5 Å². The van der Waals surface area contributed by atoms with Crippen LogP contribution in [0, 0.1) is 6.92 Å². The van der Waals surface area contributed by atoms with E-state index in [0.29, 0.717) is 47.3 Å². The van der Waals surface area contributed by atoms with Gasteiger partial charge in [0, 0.05) is 18.8 Å². The van der Waals surface area contributed by atoms with E-state index in [-0.39, 0.29) is 17.2 Å². The highest BCUT2D eigenvalue weighted by Crippen LogP contribution is 2.21. The van der Waals surface area contributed by atoms with Gasteiger partial charge in [-0.25, -0.2) is 4.98 Å². The second kappa shape index (κ2) is 9.13. The van der Waals surface area contributed by atoms with Gasteiger partial charge in [0.2, 0.25) is 5.91 Å². The summed E-state index contributed by atoms with van der Waals surface area (Å²) >= 11 is 1.24. The lowest BCUT2D eigenvalue weighted by atomic mass is 10.3. The number of benzene rings is 1. The predicted molar refractivity (Wildman–Crippen MR) is 115 cm³/mol. The zero-order valence-corrected chi connectivity index (χ0v) is 17.9. The molecule has 0 aliphatic rings. The largest absolute Gasteiger partial charge is 0.494 e. The van der Waals surface area contributed by atoms with Gasteiger partial charge in [-0.2, -0.15) is 5.10 Å². The summed E-state index contributed by atoms with van der Waals surface area (Å²) in [5, 5.41) is 7.77. The van der Waals surface area contributed by atoms with E-state index < -0.39 is 0 Å². The van der Waals surface area contributed by atoms with Crippen LogP contribution in [-0.2, 0) is 17.9 Å². The third-order valence-corrected chi connectivity index (χ3v) is 5.36. The smallest absolute Gasteiger partial charge is 0.280 e. The quantitative estimate of drug-likeness (QED) is 0.449. The summed E-state index contributed by atoms with van der Waals surface area (Å²) < 4.78 is 8.67. The fraction of sp³-hybridized carbons (Fsp3) is 0.400. The summed E-state index contributed by atoms with van der Waals surface area (Å²) in [5.74, 6) is 0.732. The lowest BCUT2D eigenvalue weighted by molar-refractivity contribution is -0.113. The molecule has 1 aromatic carbocycles. The van der Waals surface area contributed by atoms with Gasteiger partial charge in [-0.05, 0) is 52.0 Å². The van der Waals surface area contributed by atoms with Gasteiger partial charge in [0.25, 0.3) is 5.56 Å². The zero-order chi connectivity index (χ0) is 21.0. The van der Waals surface area contributed by atoms with Gasteiger partial charge in [0.15, 0.2) is 10.7 Å². The number of fused-ring (bicyclic) bond motifs is 1. The molecule has 3 rings (SSSR count). The van der Waals surface area contributed by atoms with Gasteiger partial charge < -0.3 is 10.1 Å². The van der Waals surface area contributed by atoms with E-state index in [0.717, 1.165) is 5.75 Å². The van der Waals surface area contributed by atoms with E-state index in [9.17, 15) is 9.59 Å². The van der Waals surface area contributed by atoms with Crippen molar-refractivity contribution in [2.24, 2.45) is 0 Å². The molecule has 0 bridgehead atoms. The highest BCUT2D eigenvalue weighted by molar-refractivity contribution is 7.99. The molecule has 1 N–H and O–H groups in total. The Bertz CT molecular complexity index is 1070. The van der Waals surface area contributed by atoms with Crippen LogP contribution >= 0.6 is 11.8 Å². The van der Waals surface area contributed by atoms with Crippen molar-refractivity contribution < 1.29 is 9.53 Å². The molecule has 0 saturated heterocycles. The van der Waals surface area contributed by atoms with E-state index in [1.165, 1.54) is 11.8 Å². The van der Waals surface area contributed by atoms with Crippen LogP contribution < -0.4 is 15.6 Å². The Morgan fingerprint density at radius 3 is 2.52 bits per heavy atom. The lowest BCUT2D eigenvalue weighted by Crippen LogP contribution is -2.25. The maximum Gasteiger partial charge on any atom is 0.280 e. The van der Waals surface area contributed by atoms with Crippen LogP contribution in [0.15, 0.2) is 34.2 Å². The maximum atomic E-state index is 12.9. The molecule has 2 aromatic heterocycles. The Morgan fingerprint density at radius 1 is 1.17 bits per heavy atom. The number of rotatable bonds is 8. The minimum Gasteiger partial charge on any atom is -0.494 e. The molecular weight excluding hydrogens is 390 g/mol. The summed E-state index contributed by atoms with van der Waals surface area (Å²) in [6.45, 7) is 9.25. The van der Waals surface area contributed by atoms with Crippen molar-refractivity contribution in [1.29, 1.82) is 0 Å². The molecule has 0 fully saturated rings. The summed E-state index contributed by atoms with van der Waals surface area (Å²) in [5.41, 5.74) is 2.37. The van der Waals surface area contributed by atoms with E-state index >= 15 is 0 Å². The normalized spacial score (nSPS) is 11.0. The van der Waals surface area contributed by atoms with Crippen LogP contribution in [0.4, 0.5) is 5.69 Å². The van der Waals surface area contributed by atoms with Crippen LogP contribution in [0.25, 0.3) is 11.0 Å². The van der Waals surface area contributed by atoms with E-state index in [4.69, 9.17) is 4.74 Å². The highest BCUT2D eigenvalue weighted by atomic mass is 32.2. The third-order valence-electron chi connectivity index (χ3n) is 4.38. The number of aryl methyl sites for hydroxylation is 2. The molecule has 0 aliphatic heterocycles. The molecule has 1 amide bonds. The number of anilines is 1. The van der Waals surface area contributed by atoms with Crippen molar-refractivity contribution in [2.75, 3.05) is 17.7 Å². The maximum absolute atomic E-state index is 12.9. The fourth-order valence-corrected chi connectivity index (χ4v) is 3.89. The Morgan fingerprint density at radius 2 is 1.90 bits per heavy atom. The first-order valence-electron chi connectivity index (χ1n) is 9.61. The molecule has 0 atom stereocenters. The van der Waals surface area contributed by atoms with Crippen molar-refractivity contribution in [1.82, 2.24) is 19.3 Å². The van der Waals surface area contributed by atoms with Crippen LogP contribution in [0.5, 0.6) is 5.75 Å². The third kappa shape index (κ3) is 4.45. The van der Waals surface area contributed by atoms with Crippen LogP contribution in [-0.4, -0.2) is 37.6 Å². The predicted octanol–water partition coefficient (Wildman–Crippen LogP) is 3.07. The topological polar surface area (TPSA) is 91.0 Å². The molecule has 0 unspecified atom stereocenters. The van der Waals surface area contributed by atoms with Gasteiger partial charge >= 0.3 is 0 Å². The van der Waals surface area contributed by atoms with Crippen LogP contribution in [0.3, 0.4) is 0 Å². The first-order valence-corrected chi connectivity index (χ1v) is 10.6. The van der Waals surface area contributed by atoms with Gasteiger partial charge in [-0.3, -0.25) is 18.8 Å². The standard InChI is InChI=1S/C20H25N5O3S/c1-5-24-19(27)18-17(13(4)23-25(18)6-2)22-20(24)29-12-16(26)21-14-8-10-15(11-9-14)28-7-3/h8-11H,5-7,12H2,1-4H3,(H,21,26). The minimum absolute atomic E-state index is 0.130. The van der Waals surface area contributed by atoms with Crippen LogP contribution in [0.2, 0.25) is 0 Å². The molecule has 0 aliphatic carbocycles. The average Bonchev–Trinajstić information content (AvgIpc) is 3.04. The van der Waals surface area contributed by atoms with E-state index in [1.54, 1.807) is 21.4 Å². The van der Waals surface area contributed by atoms with Crippen molar-refractivity contribution in [3.63, 3.8) is 0 Å². The van der Waals surface area contributed by atoms with Gasteiger partial charge in [-0.1, -0.05) is 11.8 Å². The lowest BCUT2D eigenvalue weighted by Gasteiger charge is -2.11. The fourth-order valence-electron chi connectivity index (χ4n) is 3.03. The van der Waals surface area contributed by atoms with Gasteiger partial charge in [-0.15, -0.1) is 0 Å². The van der Waals surface area contributed by atoms with Crippen molar-refractivity contribution in [3.8, 4) is 5.75 Å². The molecule has 29 heavy (non-hydrogen) atoms. The summed E-state index contributed by atoms with van der Waals surface area (Å²) in [7, 11) is 0. The summed E-state index contributed by atoms with van der Waals surface area (Å²) in [6, 6.07) is 7.21. The minimum atomic E-state index is -0.169. The highest BCUT2D eigenvalue weighted by Gasteiger charge is 2.18. The Kier molecular flexibility index (Phi) is 6.58. The second-order valence-electron chi connectivity index (χ2n) is 6.34. The van der Waals surface area contributed by atoms with Crippen molar-refractivity contribution in [2.45, 2.75) is 45.9 Å². The van der Waals surface area contributed by atoms with Crippen molar-refractivity contribution in [3.05, 3.63) is 40.3 Å². The van der Waals surface area contributed by atoms with Gasteiger partial charge in [0.05, 0.1) is 18.1 Å². The molecule has 0 radical (unpaired) electrons. The number of hydrogen-bond donors (Lipinski definition) is 1. The molecule has 3 aromatic rings.